The average Bonchev–Trinajstić information content (AvgIpc) is 2.92. The fourth-order valence-electron chi connectivity index (χ4n) is 2.19. The Balaban J connectivity index is 1.64. The number of halogens is 2. The largest absolute Gasteiger partial charge is 0.489 e. The molecule has 0 atom stereocenters. The molecule has 2 aromatic carbocycles. The van der Waals surface area contributed by atoms with Gasteiger partial charge in [0.05, 0.1) is 18.1 Å². The van der Waals surface area contributed by atoms with Gasteiger partial charge in [-0.1, -0.05) is 0 Å². The molecule has 7 heteroatoms. The summed E-state index contributed by atoms with van der Waals surface area (Å²) in [6.45, 7) is 1.78. The van der Waals surface area contributed by atoms with Gasteiger partial charge in [0.1, 0.15) is 24.0 Å². The quantitative estimate of drug-likeness (QED) is 0.722. The maximum Gasteiger partial charge on any atom is 0.221 e. The van der Waals surface area contributed by atoms with E-state index in [0.717, 1.165) is 29.5 Å². The van der Waals surface area contributed by atoms with Crippen LogP contribution in [0.4, 0.5) is 14.7 Å². The Morgan fingerprint density at radius 3 is 2.64 bits per heavy atom. The lowest BCUT2D eigenvalue weighted by Gasteiger charge is -2.07. The third-order valence-electron chi connectivity index (χ3n) is 3.45. The molecule has 0 unspecified atom stereocenters. The van der Waals surface area contributed by atoms with Gasteiger partial charge in [-0.3, -0.25) is 0 Å². The maximum absolute atomic E-state index is 13.6. The summed E-state index contributed by atoms with van der Waals surface area (Å²) in [5.74, 6) is -0.149. The molecular weight excluding hydrogens is 326 g/mol. The van der Waals surface area contributed by atoms with E-state index in [9.17, 15) is 8.78 Å². The van der Waals surface area contributed by atoms with Crippen LogP contribution in [0.1, 0.15) is 16.8 Å². The van der Waals surface area contributed by atoms with Crippen LogP contribution in [-0.2, 0) is 6.61 Å². The smallest absolute Gasteiger partial charge is 0.221 e. The summed E-state index contributed by atoms with van der Waals surface area (Å²) in [7, 11) is 0. The van der Waals surface area contributed by atoms with Crippen LogP contribution in [0.5, 0.6) is 5.75 Å². The van der Waals surface area contributed by atoms with Gasteiger partial charge < -0.3 is 10.5 Å². The molecule has 3 rings (SSSR count). The van der Waals surface area contributed by atoms with E-state index in [1.807, 2.05) is 6.92 Å². The highest BCUT2D eigenvalue weighted by atomic mass is 19.1. The zero-order valence-electron chi connectivity index (χ0n) is 13.5. The Hall–Kier alpha value is -3.22. The second kappa shape index (κ2) is 7.12. The molecule has 25 heavy (non-hydrogen) atoms. The summed E-state index contributed by atoms with van der Waals surface area (Å²) in [4.78, 5) is 4.05. The number of aryl methyl sites for hydroxylation is 1. The number of imidazole rings is 1. The van der Waals surface area contributed by atoms with E-state index < -0.39 is 11.6 Å². The third-order valence-corrected chi connectivity index (χ3v) is 3.45. The van der Waals surface area contributed by atoms with Crippen LogP contribution in [0.3, 0.4) is 0 Å². The van der Waals surface area contributed by atoms with Gasteiger partial charge in [0, 0.05) is 5.56 Å². The van der Waals surface area contributed by atoms with Gasteiger partial charge in [-0.2, -0.15) is 5.10 Å². The topological polar surface area (TPSA) is 65.4 Å². The molecule has 5 nitrogen and oxygen atoms in total. The molecular formula is C18H16F2N4O. The maximum atomic E-state index is 13.6. The summed E-state index contributed by atoms with van der Waals surface area (Å²) in [5, 5.41) is 4.21. The number of aromatic nitrogens is 2. The highest BCUT2D eigenvalue weighted by molar-refractivity contribution is 5.79. The molecule has 0 spiro atoms. The first-order chi connectivity index (χ1) is 12.0. The van der Waals surface area contributed by atoms with Gasteiger partial charge >= 0.3 is 0 Å². The standard InChI is InChI=1S/C18H16F2N4O/c1-12-10-24(18(21)23-12)22-9-13-2-5-16(6-3-13)25-11-14-8-15(19)4-7-17(14)20/h2-10H,11H2,1H3,(H2,21,23). The Kier molecular flexibility index (Phi) is 4.74. The molecule has 0 fully saturated rings. The second-order valence-corrected chi connectivity index (χ2v) is 5.42. The van der Waals surface area contributed by atoms with Crippen molar-refractivity contribution in [3.63, 3.8) is 0 Å². The molecule has 0 amide bonds. The van der Waals surface area contributed by atoms with Crippen molar-refractivity contribution in [3.8, 4) is 5.75 Å². The second-order valence-electron chi connectivity index (χ2n) is 5.42. The number of rotatable bonds is 5. The molecule has 0 aliphatic carbocycles. The molecule has 2 N–H and O–H groups in total. The number of hydrogen-bond acceptors (Lipinski definition) is 4. The Morgan fingerprint density at radius 2 is 1.96 bits per heavy atom. The van der Waals surface area contributed by atoms with Crippen molar-refractivity contribution >= 4 is 12.2 Å². The molecule has 0 saturated carbocycles. The van der Waals surface area contributed by atoms with Crippen molar-refractivity contribution < 1.29 is 13.5 Å². The third kappa shape index (κ3) is 4.20. The lowest BCUT2D eigenvalue weighted by Crippen LogP contribution is -1.99. The number of hydrogen-bond donors (Lipinski definition) is 1. The summed E-state index contributed by atoms with van der Waals surface area (Å²) in [6, 6.07) is 10.3. The minimum atomic E-state index is -0.502. The average molecular weight is 342 g/mol. The first-order valence-corrected chi connectivity index (χ1v) is 7.54. The van der Waals surface area contributed by atoms with E-state index in [0.29, 0.717) is 11.7 Å². The fourth-order valence-corrected chi connectivity index (χ4v) is 2.19. The number of ether oxygens (including phenoxy) is 1. The van der Waals surface area contributed by atoms with Gasteiger partial charge in [-0.25, -0.2) is 18.4 Å². The minimum absolute atomic E-state index is 0.0537. The van der Waals surface area contributed by atoms with Crippen LogP contribution >= 0.6 is 0 Å². The van der Waals surface area contributed by atoms with Crippen molar-refractivity contribution in [2.24, 2.45) is 5.10 Å². The first kappa shape index (κ1) is 16.6. The monoisotopic (exact) mass is 342 g/mol. The molecule has 0 radical (unpaired) electrons. The zero-order valence-corrected chi connectivity index (χ0v) is 13.5. The number of nitrogens with zero attached hydrogens (tertiary/aromatic N) is 3. The summed E-state index contributed by atoms with van der Waals surface area (Å²) in [5.41, 5.74) is 7.48. The van der Waals surface area contributed by atoms with Crippen LogP contribution in [0.25, 0.3) is 0 Å². The van der Waals surface area contributed by atoms with E-state index >= 15 is 0 Å². The van der Waals surface area contributed by atoms with Crippen molar-refractivity contribution in [1.82, 2.24) is 9.66 Å². The summed E-state index contributed by atoms with van der Waals surface area (Å²) in [6.07, 6.45) is 3.35. The SMILES string of the molecule is Cc1cn(N=Cc2ccc(OCc3cc(F)ccc3F)cc2)c(N)n1. The van der Waals surface area contributed by atoms with E-state index in [1.54, 1.807) is 36.7 Å². The van der Waals surface area contributed by atoms with Crippen molar-refractivity contribution in [3.05, 3.63) is 77.1 Å². The van der Waals surface area contributed by atoms with E-state index in [4.69, 9.17) is 10.5 Å². The molecule has 0 aliphatic heterocycles. The Bertz CT molecular complexity index is 904. The number of nitrogens with two attached hydrogens (primary N) is 1. The molecule has 128 valence electrons. The Morgan fingerprint density at radius 1 is 1.20 bits per heavy atom. The van der Waals surface area contributed by atoms with E-state index in [-0.39, 0.29) is 12.2 Å². The van der Waals surface area contributed by atoms with E-state index in [1.165, 1.54) is 4.68 Å². The zero-order chi connectivity index (χ0) is 17.8. The van der Waals surface area contributed by atoms with Crippen LogP contribution in [-0.4, -0.2) is 15.9 Å². The summed E-state index contributed by atoms with van der Waals surface area (Å²) < 4.78 is 33.6. The normalized spacial score (nSPS) is 11.2. The number of benzene rings is 2. The fraction of sp³-hybridized carbons (Fsp3) is 0.111. The van der Waals surface area contributed by atoms with Gasteiger partial charge in [0.15, 0.2) is 0 Å². The van der Waals surface area contributed by atoms with Gasteiger partial charge in [0.25, 0.3) is 0 Å². The van der Waals surface area contributed by atoms with Crippen molar-refractivity contribution in [2.45, 2.75) is 13.5 Å². The van der Waals surface area contributed by atoms with Crippen LogP contribution in [0, 0.1) is 18.6 Å². The van der Waals surface area contributed by atoms with Crippen molar-refractivity contribution in [1.29, 1.82) is 0 Å². The van der Waals surface area contributed by atoms with Gasteiger partial charge in [-0.05, 0) is 55.0 Å². The van der Waals surface area contributed by atoms with Crippen LogP contribution in [0.2, 0.25) is 0 Å². The highest BCUT2D eigenvalue weighted by Crippen LogP contribution is 2.16. The predicted molar refractivity (Wildman–Crippen MR) is 91.5 cm³/mol. The molecule has 3 aromatic rings. The number of nitrogen functional groups attached to an aromatic ring is 1. The van der Waals surface area contributed by atoms with Crippen LogP contribution < -0.4 is 10.5 Å². The van der Waals surface area contributed by atoms with Crippen LogP contribution in [0.15, 0.2) is 53.8 Å². The number of anilines is 1. The highest BCUT2D eigenvalue weighted by Gasteiger charge is 2.05. The summed E-state index contributed by atoms with van der Waals surface area (Å²) >= 11 is 0. The molecule has 1 heterocycles. The Labute approximate surface area is 143 Å². The first-order valence-electron chi connectivity index (χ1n) is 7.54. The van der Waals surface area contributed by atoms with E-state index in [2.05, 4.69) is 10.1 Å². The predicted octanol–water partition coefficient (Wildman–Crippen LogP) is 3.51. The minimum Gasteiger partial charge on any atom is -0.489 e. The van der Waals surface area contributed by atoms with Crippen molar-refractivity contribution in [2.75, 3.05) is 5.73 Å². The molecule has 0 saturated heterocycles. The molecule has 0 aliphatic rings. The lowest BCUT2D eigenvalue weighted by molar-refractivity contribution is 0.299. The van der Waals surface area contributed by atoms with Gasteiger partial charge in [-0.15, -0.1) is 0 Å². The molecule has 1 aromatic heterocycles. The van der Waals surface area contributed by atoms with Gasteiger partial charge in [0.2, 0.25) is 5.95 Å². The molecule has 0 bridgehead atoms. The lowest BCUT2D eigenvalue weighted by atomic mass is 10.2.